The third-order valence-electron chi connectivity index (χ3n) is 3.29. The highest BCUT2D eigenvalue weighted by Crippen LogP contribution is 2.32. The molecule has 0 aliphatic carbocycles. The summed E-state index contributed by atoms with van der Waals surface area (Å²) in [6, 6.07) is 6.63. The quantitative estimate of drug-likeness (QED) is 0.661. The maximum absolute atomic E-state index is 12.2. The van der Waals surface area contributed by atoms with Gasteiger partial charge >= 0.3 is 5.97 Å². The van der Waals surface area contributed by atoms with E-state index in [9.17, 15) is 9.59 Å². The second-order valence-corrected chi connectivity index (χ2v) is 4.71. The molecule has 1 unspecified atom stereocenters. The molecule has 1 aromatic carbocycles. The minimum absolute atomic E-state index is 0.270. The third kappa shape index (κ3) is 2.76. The molecule has 5 nitrogen and oxygen atoms in total. The van der Waals surface area contributed by atoms with E-state index in [0.29, 0.717) is 6.54 Å². The number of para-hydroxylation sites is 2. The SMILES string of the molecule is CCCCN1c2ccccc2NC(=O)C1C(=O)OCC. The van der Waals surface area contributed by atoms with Gasteiger partial charge in [-0.2, -0.15) is 0 Å². The average Bonchev–Trinajstić information content (AvgIpc) is 2.44. The van der Waals surface area contributed by atoms with Crippen molar-refractivity contribution in [2.45, 2.75) is 32.7 Å². The summed E-state index contributed by atoms with van der Waals surface area (Å²) in [5, 5.41) is 2.77. The molecular weight excluding hydrogens is 256 g/mol. The lowest BCUT2D eigenvalue weighted by atomic mass is 10.1. The van der Waals surface area contributed by atoms with Gasteiger partial charge in [0.15, 0.2) is 0 Å². The summed E-state index contributed by atoms with van der Waals surface area (Å²) in [5.74, 6) is -0.811. The van der Waals surface area contributed by atoms with Crippen LogP contribution in [-0.2, 0) is 14.3 Å². The highest BCUT2D eigenvalue weighted by atomic mass is 16.5. The smallest absolute Gasteiger partial charge is 0.338 e. The minimum atomic E-state index is -0.892. The lowest BCUT2D eigenvalue weighted by molar-refractivity contribution is -0.147. The number of ether oxygens (including phenoxy) is 1. The molecule has 0 fully saturated rings. The van der Waals surface area contributed by atoms with Crippen LogP contribution < -0.4 is 10.2 Å². The minimum Gasteiger partial charge on any atom is -0.464 e. The van der Waals surface area contributed by atoms with Crippen LogP contribution >= 0.6 is 0 Å². The third-order valence-corrected chi connectivity index (χ3v) is 3.29. The van der Waals surface area contributed by atoms with Crippen molar-refractivity contribution in [2.24, 2.45) is 0 Å². The fraction of sp³-hybridized carbons (Fsp3) is 0.467. The fourth-order valence-electron chi connectivity index (χ4n) is 2.34. The van der Waals surface area contributed by atoms with E-state index in [0.717, 1.165) is 24.2 Å². The van der Waals surface area contributed by atoms with Crippen LogP contribution in [0.15, 0.2) is 24.3 Å². The largest absolute Gasteiger partial charge is 0.464 e. The average molecular weight is 276 g/mol. The number of esters is 1. The van der Waals surface area contributed by atoms with E-state index in [-0.39, 0.29) is 12.5 Å². The molecule has 1 aliphatic heterocycles. The highest BCUT2D eigenvalue weighted by molar-refractivity contribution is 6.14. The molecule has 1 aliphatic rings. The van der Waals surface area contributed by atoms with E-state index in [2.05, 4.69) is 12.2 Å². The molecule has 108 valence electrons. The van der Waals surface area contributed by atoms with E-state index >= 15 is 0 Å². The number of carbonyl (C=O) groups excluding carboxylic acids is 2. The maximum atomic E-state index is 12.2. The number of benzene rings is 1. The van der Waals surface area contributed by atoms with Gasteiger partial charge in [0.05, 0.1) is 18.0 Å². The van der Waals surface area contributed by atoms with Gasteiger partial charge in [0.25, 0.3) is 5.91 Å². The van der Waals surface area contributed by atoms with Crippen LogP contribution in [0.25, 0.3) is 0 Å². The molecule has 1 N–H and O–H groups in total. The second-order valence-electron chi connectivity index (χ2n) is 4.71. The highest BCUT2D eigenvalue weighted by Gasteiger charge is 2.38. The van der Waals surface area contributed by atoms with Crippen molar-refractivity contribution in [1.82, 2.24) is 0 Å². The van der Waals surface area contributed by atoms with E-state index < -0.39 is 12.0 Å². The summed E-state index contributed by atoms with van der Waals surface area (Å²) in [6.07, 6.45) is 1.91. The van der Waals surface area contributed by atoms with Crippen molar-refractivity contribution < 1.29 is 14.3 Å². The molecule has 0 spiro atoms. The predicted octanol–water partition coefficient (Wildman–Crippen LogP) is 2.18. The van der Waals surface area contributed by atoms with Gasteiger partial charge in [0.2, 0.25) is 6.04 Å². The van der Waals surface area contributed by atoms with E-state index in [1.165, 1.54) is 0 Å². The molecule has 1 heterocycles. The second kappa shape index (κ2) is 6.41. The van der Waals surface area contributed by atoms with Crippen LogP contribution in [0.3, 0.4) is 0 Å². The molecule has 0 saturated heterocycles. The molecule has 0 radical (unpaired) electrons. The Bertz CT molecular complexity index is 502. The summed E-state index contributed by atoms with van der Waals surface area (Å²) in [7, 11) is 0. The van der Waals surface area contributed by atoms with Gasteiger partial charge in [0, 0.05) is 6.54 Å². The number of anilines is 2. The topological polar surface area (TPSA) is 58.6 Å². The van der Waals surface area contributed by atoms with Gasteiger partial charge in [0.1, 0.15) is 0 Å². The Morgan fingerprint density at radius 2 is 2.10 bits per heavy atom. The number of hydrogen-bond donors (Lipinski definition) is 1. The van der Waals surface area contributed by atoms with Gasteiger partial charge in [-0.25, -0.2) is 4.79 Å². The number of fused-ring (bicyclic) bond motifs is 1. The van der Waals surface area contributed by atoms with E-state index in [4.69, 9.17) is 4.74 Å². The molecular formula is C15H20N2O3. The van der Waals surface area contributed by atoms with Crippen LogP contribution in [0.4, 0.5) is 11.4 Å². The molecule has 1 aromatic rings. The maximum Gasteiger partial charge on any atom is 0.338 e. The molecule has 0 bridgehead atoms. The van der Waals surface area contributed by atoms with E-state index in [1.54, 1.807) is 6.92 Å². The van der Waals surface area contributed by atoms with Crippen LogP contribution in [0.5, 0.6) is 0 Å². The molecule has 0 aromatic heterocycles. The molecule has 20 heavy (non-hydrogen) atoms. The molecule has 5 heteroatoms. The standard InChI is InChI=1S/C15H20N2O3/c1-3-5-10-17-12-9-7-6-8-11(12)16-14(18)13(17)15(19)20-4-2/h6-9,13H,3-5,10H2,1-2H3,(H,16,18). The Morgan fingerprint density at radius 3 is 2.80 bits per heavy atom. The summed E-state index contributed by atoms with van der Waals surface area (Å²) >= 11 is 0. The van der Waals surface area contributed by atoms with Gasteiger partial charge < -0.3 is 15.0 Å². The van der Waals surface area contributed by atoms with Crippen molar-refractivity contribution >= 4 is 23.3 Å². The van der Waals surface area contributed by atoms with Crippen molar-refractivity contribution in [1.29, 1.82) is 0 Å². The molecule has 2 rings (SSSR count). The summed E-state index contributed by atoms with van der Waals surface area (Å²) in [4.78, 5) is 26.1. The predicted molar refractivity (Wildman–Crippen MR) is 77.7 cm³/mol. The van der Waals surface area contributed by atoms with Crippen LogP contribution in [-0.4, -0.2) is 31.1 Å². The number of carbonyl (C=O) groups is 2. The number of unbranched alkanes of at least 4 members (excludes halogenated alkanes) is 1. The van der Waals surface area contributed by atoms with Crippen molar-refractivity contribution in [3.63, 3.8) is 0 Å². The number of amides is 1. The number of rotatable bonds is 5. The normalized spacial score (nSPS) is 17.4. The van der Waals surface area contributed by atoms with Gasteiger partial charge in [-0.15, -0.1) is 0 Å². The Balaban J connectivity index is 2.34. The summed E-state index contributed by atoms with van der Waals surface area (Å²) in [6.45, 7) is 4.74. The van der Waals surface area contributed by atoms with Crippen molar-refractivity contribution in [3.05, 3.63) is 24.3 Å². The zero-order valence-electron chi connectivity index (χ0n) is 11.9. The monoisotopic (exact) mass is 276 g/mol. The molecule has 1 atom stereocenters. The first-order valence-corrected chi connectivity index (χ1v) is 7.02. The molecule has 0 saturated carbocycles. The fourth-order valence-corrected chi connectivity index (χ4v) is 2.34. The van der Waals surface area contributed by atoms with Crippen molar-refractivity contribution in [2.75, 3.05) is 23.4 Å². The summed E-state index contributed by atoms with van der Waals surface area (Å²) < 4.78 is 5.04. The van der Waals surface area contributed by atoms with Gasteiger partial charge in [-0.05, 0) is 25.5 Å². The van der Waals surface area contributed by atoms with Crippen LogP contribution in [0.2, 0.25) is 0 Å². The Labute approximate surface area is 118 Å². The summed E-state index contributed by atoms with van der Waals surface area (Å²) in [5.41, 5.74) is 1.62. The first-order chi connectivity index (χ1) is 9.69. The lowest BCUT2D eigenvalue weighted by Gasteiger charge is -2.36. The first-order valence-electron chi connectivity index (χ1n) is 7.02. The Kier molecular flexibility index (Phi) is 4.61. The number of nitrogens with zero attached hydrogens (tertiary/aromatic N) is 1. The Hall–Kier alpha value is -2.04. The zero-order chi connectivity index (χ0) is 14.5. The van der Waals surface area contributed by atoms with Crippen molar-refractivity contribution in [3.8, 4) is 0 Å². The van der Waals surface area contributed by atoms with E-state index in [1.807, 2.05) is 29.2 Å². The molecule has 1 amide bonds. The number of nitrogens with one attached hydrogen (secondary N) is 1. The van der Waals surface area contributed by atoms with Gasteiger partial charge in [-0.1, -0.05) is 25.5 Å². The lowest BCUT2D eigenvalue weighted by Crippen LogP contribution is -2.53. The first kappa shape index (κ1) is 14.4. The van der Waals surface area contributed by atoms with Gasteiger partial charge in [-0.3, -0.25) is 4.79 Å². The zero-order valence-corrected chi connectivity index (χ0v) is 11.9. The van der Waals surface area contributed by atoms with Crippen LogP contribution in [0, 0.1) is 0 Å². The Morgan fingerprint density at radius 1 is 1.35 bits per heavy atom. The van der Waals surface area contributed by atoms with Crippen LogP contribution in [0.1, 0.15) is 26.7 Å². The number of hydrogen-bond acceptors (Lipinski definition) is 4.